The maximum Gasteiger partial charge on any atom is 0.0636 e. The van der Waals surface area contributed by atoms with Gasteiger partial charge in [-0.1, -0.05) is 24.3 Å². The summed E-state index contributed by atoms with van der Waals surface area (Å²) >= 11 is 0. The number of fused-ring (bicyclic) bond motifs is 1. The molecule has 0 spiro atoms. The van der Waals surface area contributed by atoms with Crippen LogP contribution in [-0.4, -0.2) is 17.8 Å². The largest absolute Gasteiger partial charge is 0.392 e. The van der Waals surface area contributed by atoms with Gasteiger partial charge in [0.15, 0.2) is 0 Å². The molecule has 0 aromatic heterocycles. The number of aliphatic hydroxyl groups is 1. The van der Waals surface area contributed by atoms with Gasteiger partial charge in [-0.2, -0.15) is 0 Å². The molecule has 0 aliphatic heterocycles. The summed E-state index contributed by atoms with van der Waals surface area (Å²) in [6.07, 6.45) is 3.36. The normalized spacial score (nSPS) is 22.1. The second-order valence-electron chi connectivity index (χ2n) is 4.40. The van der Waals surface area contributed by atoms with Crippen molar-refractivity contribution in [1.82, 2.24) is 5.32 Å². The van der Waals surface area contributed by atoms with Gasteiger partial charge in [0.25, 0.3) is 0 Å². The molecular formula is C13H19NO. The number of nitrogens with one attached hydrogen (secondary N) is 1. The highest BCUT2D eigenvalue weighted by Crippen LogP contribution is 2.29. The summed E-state index contributed by atoms with van der Waals surface area (Å²) in [6.45, 7) is 2.50. The fourth-order valence-corrected chi connectivity index (χ4v) is 2.28. The Morgan fingerprint density at radius 2 is 2.27 bits per heavy atom. The maximum atomic E-state index is 9.27. The highest BCUT2D eigenvalue weighted by atomic mass is 16.3. The minimum absolute atomic E-state index is 0.265. The summed E-state index contributed by atoms with van der Waals surface area (Å²) in [6, 6.07) is 9.06. The molecule has 0 unspecified atom stereocenters. The second-order valence-corrected chi connectivity index (χ2v) is 4.40. The van der Waals surface area contributed by atoms with E-state index in [9.17, 15) is 5.11 Å². The molecule has 0 fully saturated rings. The minimum Gasteiger partial charge on any atom is -0.392 e. The van der Waals surface area contributed by atoms with Crippen molar-refractivity contribution in [3.05, 3.63) is 35.4 Å². The zero-order valence-corrected chi connectivity index (χ0v) is 9.24. The molecule has 2 rings (SSSR count). The molecule has 82 valence electrons. The number of aryl methyl sites for hydroxylation is 1. The van der Waals surface area contributed by atoms with E-state index in [0.717, 1.165) is 0 Å². The average Bonchev–Trinajstić information content (AvgIpc) is 2.26. The van der Waals surface area contributed by atoms with Crippen LogP contribution < -0.4 is 5.32 Å². The van der Waals surface area contributed by atoms with Gasteiger partial charge in [-0.3, -0.25) is 0 Å². The standard InChI is InChI=1S/C13H19NO/c1-10(15)9-14-13-8-4-6-11-5-2-3-7-12(11)13/h2-3,5,7,10,13-15H,4,6,8-9H2,1H3/t10-,13-/m0/s1. The summed E-state index contributed by atoms with van der Waals surface area (Å²) in [7, 11) is 0. The lowest BCUT2D eigenvalue weighted by Gasteiger charge is -2.26. The van der Waals surface area contributed by atoms with Crippen LogP contribution in [0.5, 0.6) is 0 Å². The summed E-state index contributed by atoms with van der Waals surface area (Å²) in [5.41, 5.74) is 2.89. The van der Waals surface area contributed by atoms with E-state index in [-0.39, 0.29) is 6.10 Å². The van der Waals surface area contributed by atoms with E-state index in [1.54, 1.807) is 0 Å². The van der Waals surface area contributed by atoms with Gasteiger partial charge in [0.1, 0.15) is 0 Å². The van der Waals surface area contributed by atoms with Gasteiger partial charge < -0.3 is 10.4 Å². The van der Waals surface area contributed by atoms with Crippen molar-refractivity contribution in [1.29, 1.82) is 0 Å². The molecule has 1 aliphatic rings. The lowest BCUT2D eigenvalue weighted by molar-refractivity contribution is 0.184. The first-order chi connectivity index (χ1) is 7.27. The van der Waals surface area contributed by atoms with Crippen LogP contribution in [0.1, 0.15) is 36.9 Å². The van der Waals surface area contributed by atoms with Crippen molar-refractivity contribution >= 4 is 0 Å². The lowest BCUT2D eigenvalue weighted by atomic mass is 9.88. The lowest BCUT2D eigenvalue weighted by Crippen LogP contribution is -2.30. The highest BCUT2D eigenvalue weighted by Gasteiger charge is 2.18. The third-order valence-electron chi connectivity index (χ3n) is 3.03. The van der Waals surface area contributed by atoms with E-state index in [1.807, 2.05) is 6.92 Å². The van der Waals surface area contributed by atoms with Gasteiger partial charge in [0.2, 0.25) is 0 Å². The van der Waals surface area contributed by atoms with Gasteiger partial charge in [-0.15, -0.1) is 0 Å². The first-order valence-electron chi connectivity index (χ1n) is 5.76. The topological polar surface area (TPSA) is 32.3 Å². The van der Waals surface area contributed by atoms with Gasteiger partial charge >= 0.3 is 0 Å². The van der Waals surface area contributed by atoms with Gasteiger partial charge in [0.05, 0.1) is 6.10 Å². The number of rotatable bonds is 3. The molecular weight excluding hydrogens is 186 g/mol. The zero-order chi connectivity index (χ0) is 10.7. The van der Waals surface area contributed by atoms with Crippen LogP contribution in [-0.2, 0) is 6.42 Å². The molecule has 0 bridgehead atoms. The molecule has 0 radical (unpaired) electrons. The molecule has 2 heteroatoms. The Balaban J connectivity index is 2.08. The van der Waals surface area contributed by atoms with Crippen molar-refractivity contribution in [3.63, 3.8) is 0 Å². The van der Waals surface area contributed by atoms with Gasteiger partial charge in [0, 0.05) is 12.6 Å². The smallest absolute Gasteiger partial charge is 0.0636 e. The van der Waals surface area contributed by atoms with Crippen LogP contribution in [0.4, 0.5) is 0 Å². The monoisotopic (exact) mass is 205 g/mol. The second kappa shape index (κ2) is 4.77. The minimum atomic E-state index is -0.265. The summed E-state index contributed by atoms with van der Waals surface area (Å²) in [5.74, 6) is 0. The SMILES string of the molecule is C[C@H](O)CN[C@H]1CCCc2ccccc21. The average molecular weight is 205 g/mol. The molecule has 0 saturated heterocycles. The predicted octanol–water partition coefficient (Wildman–Crippen LogP) is 2.03. The van der Waals surface area contributed by atoms with Crippen LogP contribution in [0.3, 0.4) is 0 Å². The maximum absolute atomic E-state index is 9.27. The first-order valence-corrected chi connectivity index (χ1v) is 5.76. The fourth-order valence-electron chi connectivity index (χ4n) is 2.28. The predicted molar refractivity (Wildman–Crippen MR) is 61.8 cm³/mol. The third-order valence-corrected chi connectivity index (χ3v) is 3.03. The number of benzene rings is 1. The molecule has 15 heavy (non-hydrogen) atoms. The molecule has 1 aromatic carbocycles. The van der Waals surface area contributed by atoms with E-state index >= 15 is 0 Å². The van der Waals surface area contributed by atoms with E-state index in [0.29, 0.717) is 12.6 Å². The van der Waals surface area contributed by atoms with E-state index < -0.39 is 0 Å². The van der Waals surface area contributed by atoms with Crippen LogP contribution in [0.15, 0.2) is 24.3 Å². The van der Waals surface area contributed by atoms with Crippen molar-refractivity contribution in [2.45, 2.75) is 38.3 Å². The van der Waals surface area contributed by atoms with Crippen LogP contribution in [0, 0.1) is 0 Å². The van der Waals surface area contributed by atoms with Gasteiger partial charge in [-0.05, 0) is 37.3 Å². The molecule has 2 atom stereocenters. The van der Waals surface area contributed by atoms with Crippen LogP contribution in [0.25, 0.3) is 0 Å². The van der Waals surface area contributed by atoms with Crippen molar-refractivity contribution in [2.24, 2.45) is 0 Å². The van der Waals surface area contributed by atoms with E-state index in [2.05, 4.69) is 29.6 Å². The highest BCUT2D eigenvalue weighted by molar-refractivity contribution is 5.32. The fraction of sp³-hybridized carbons (Fsp3) is 0.538. The number of hydrogen-bond donors (Lipinski definition) is 2. The van der Waals surface area contributed by atoms with Crippen LogP contribution in [0.2, 0.25) is 0 Å². The number of aliphatic hydroxyl groups excluding tert-OH is 1. The Labute approximate surface area is 91.3 Å². The molecule has 0 heterocycles. The third kappa shape index (κ3) is 2.58. The van der Waals surface area contributed by atoms with Crippen molar-refractivity contribution in [2.75, 3.05) is 6.54 Å². The zero-order valence-electron chi connectivity index (χ0n) is 9.24. The Bertz CT molecular complexity index is 322. The van der Waals surface area contributed by atoms with Crippen molar-refractivity contribution < 1.29 is 5.11 Å². The summed E-state index contributed by atoms with van der Waals surface area (Å²) in [4.78, 5) is 0. The quantitative estimate of drug-likeness (QED) is 0.791. The van der Waals surface area contributed by atoms with E-state index in [4.69, 9.17) is 0 Å². The Morgan fingerprint density at radius 1 is 1.47 bits per heavy atom. The van der Waals surface area contributed by atoms with Gasteiger partial charge in [-0.25, -0.2) is 0 Å². The summed E-state index contributed by atoms with van der Waals surface area (Å²) < 4.78 is 0. The Kier molecular flexibility index (Phi) is 3.39. The van der Waals surface area contributed by atoms with E-state index in [1.165, 1.54) is 30.4 Å². The first kappa shape index (κ1) is 10.7. The number of hydrogen-bond acceptors (Lipinski definition) is 2. The molecule has 2 N–H and O–H groups in total. The molecule has 1 aromatic rings. The molecule has 1 aliphatic carbocycles. The molecule has 2 nitrogen and oxygen atoms in total. The van der Waals surface area contributed by atoms with Crippen molar-refractivity contribution in [3.8, 4) is 0 Å². The molecule has 0 saturated carbocycles. The Morgan fingerprint density at radius 3 is 3.07 bits per heavy atom. The van der Waals surface area contributed by atoms with Crippen LogP contribution >= 0.6 is 0 Å². The Hall–Kier alpha value is -0.860. The summed E-state index contributed by atoms with van der Waals surface area (Å²) in [5, 5.41) is 12.7. The molecule has 0 amide bonds.